The van der Waals surface area contributed by atoms with Crippen LogP contribution in [0, 0.1) is 0 Å². The third-order valence-electron chi connectivity index (χ3n) is 2.91. The first-order valence-corrected chi connectivity index (χ1v) is 4.88. The van der Waals surface area contributed by atoms with Crippen LogP contribution in [0.1, 0.15) is 23.7 Å². The molecule has 0 spiro atoms. The third-order valence-corrected chi connectivity index (χ3v) is 2.91. The van der Waals surface area contributed by atoms with E-state index in [2.05, 4.69) is 24.2 Å². The summed E-state index contributed by atoms with van der Waals surface area (Å²) in [6.45, 7) is 2.20. The molecule has 0 bridgehead atoms. The maximum Gasteiger partial charge on any atom is 0.0728 e. The van der Waals surface area contributed by atoms with Gasteiger partial charge in [-0.25, -0.2) is 4.52 Å². The molecule has 0 saturated heterocycles. The number of nitrogens with zero attached hydrogens (tertiary/aromatic N) is 2. The standard InChI is InChI=1S/C11H12N2/c1-2-8-4-3-7-13-11(8)9-5-6-10(9)12-13/h3-4,7H,2,5-6H2,1H3. The lowest BCUT2D eigenvalue weighted by Gasteiger charge is -2.10. The Balaban J connectivity index is 2.43. The van der Waals surface area contributed by atoms with Crippen molar-refractivity contribution < 1.29 is 0 Å². The minimum atomic E-state index is 1.10. The van der Waals surface area contributed by atoms with Crippen LogP contribution in [0.4, 0.5) is 0 Å². The largest absolute Gasteiger partial charge is 0.240 e. The Kier molecular flexibility index (Phi) is 1.29. The van der Waals surface area contributed by atoms with Crippen molar-refractivity contribution in [1.29, 1.82) is 0 Å². The molecule has 2 nitrogen and oxygen atoms in total. The van der Waals surface area contributed by atoms with Gasteiger partial charge in [0.05, 0.1) is 11.2 Å². The minimum Gasteiger partial charge on any atom is -0.240 e. The highest BCUT2D eigenvalue weighted by molar-refractivity contribution is 5.65. The fraction of sp³-hybridized carbons (Fsp3) is 0.364. The van der Waals surface area contributed by atoms with E-state index in [1.807, 2.05) is 10.7 Å². The molecule has 0 aromatic carbocycles. The lowest BCUT2D eigenvalue weighted by atomic mass is 9.93. The molecule has 2 aromatic heterocycles. The molecule has 1 aliphatic carbocycles. The van der Waals surface area contributed by atoms with Crippen LogP contribution in [0.25, 0.3) is 5.52 Å². The molecule has 2 heteroatoms. The Morgan fingerprint density at radius 2 is 2.38 bits per heavy atom. The number of fused-ring (bicyclic) bond motifs is 3. The van der Waals surface area contributed by atoms with Crippen molar-refractivity contribution in [1.82, 2.24) is 9.61 Å². The van der Waals surface area contributed by atoms with Crippen molar-refractivity contribution in [2.45, 2.75) is 26.2 Å². The van der Waals surface area contributed by atoms with E-state index in [9.17, 15) is 0 Å². The highest BCUT2D eigenvalue weighted by atomic mass is 15.2. The minimum absolute atomic E-state index is 1.10. The fourth-order valence-electron chi connectivity index (χ4n) is 2.10. The average Bonchev–Trinajstić information content (AvgIpc) is 2.38. The molecule has 2 heterocycles. The van der Waals surface area contributed by atoms with Crippen LogP contribution >= 0.6 is 0 Å². The second-order valence-corrected chi connectivity index (χ2v) is 3.61. The van der Waals surface area contributed by atoms with Gasteiger partial charge in [0.1, 0.15) is 0 Å². The molecule has 2 aromatic rings. The highest BCUT2D eigenvalue weighted by Crippen LogP contribution is 2.28. The smallest absolute Gasteiger partial charge is 0.0728 e. The molecule has 0 amide bonds. The highest BCUT2D eigenvalue weighted by Gasteiger charge is 2.21. The number of hydrogen-bond acceptors (Lipinski definition) is 1. The SMILES string of the molecule is CCc1cccn2nc3c(c12)CC3. The van der Waals surface area contributed by atoms with Crippen LogP contribution in [-0.2, 0) is 19.3 Å². The van der Waals surface area contributed by atoms with Crippen molar-refractivity contribution in [2.75, 3.05) is 0 Å². The second-order valence-electron chi connectivity index (χ2n) is 3.61. The Bertz CT molecular complexity index is 468. The van der Waals surface area contributed by atoms with Crippen molar-refractivity contribution >= 4 is 5.52 Å². The van der Waals surface area contributed by atoms with Gasteiger partial charge in [0.25, 0.3) is 0 Å². The molecule has 0 unspecified atom stereocenters. The van der Waals surface area contributed by atoms with E-state index >= 15 is 0 Å². The van der Waals surface area contributed by atoms with Gasteiger partial charge < -0.3 is 0 Å². The summed E-state index contributed by atoms with van der Waals surface area (Å²) in [5.74, 6) is 0. The Hall–Kier alpha value is -1.31. The maximum absolute atomic E-state index is 4.52. The van der Waals surface area contributed by atoms with Crippen LogP contribution in [0.5, 0.6) is 0 Å². The summed E-state index contributed by atoms with van der Waals surface area (Å²) >= 11 is 0. The van der Waals surface area contributed by atoms with E-state index in [0.29, 0.717) is 0 Å². The molecule has 0 N–H and O–H groups in total. The first-order valence-electron chi connectivity index (χ1n) is 4.88. The topological polar surface area (TPSA) is 17.3 Å². The summed E-state index contributed by atoms with van der Waals surface area (Å²) in [5, 5.41) is 4.52. The average molecular weight is 172 g/mol. The molecule has 0 aliphatic heterocycles. The van der Waals surface area contributed by atoms with Crippen molar-refractivity contribution in [3.63, 3.8) is 0 Å². The third kappa shape index (κ3) is 0.804. The molecule has 1 aliphatic rings. The summed E-state index contributed by atoms with van der Waals surface area (Å²) in [6, 6.07) is 4.29. The summed E-state index contributed by atoms with van der Waals surface area (Å²) in [4.78, 5) is 0. The molecule has 3 rings (SSSR count). The predicted octanol–water partition coefficient (Wildman–Crippen LogP) is 2.00. The van der Waals surface area contributed by atoms with Gasteiger partial charge in [0, 0.05) is 11.8 Å². The van der Waals surface area contributed by atoms with E-state index in [0.717, 1.165) is 6.42 Å². The number of aryl methyl sites for hydroxylation is 3. The molecular formula is C11H12N2. The lowest BCUT2D eigenvalue weighted by Crippen LogP contribution is -2.05. The zero-order chi connectivity index (χ0) is 8.84. The monoisotopic (exact) mass is 172 g/mol. The summed E-state index contributed by atoms with van der Waals surface area (Å²) in [7, 11) is 0. The Morgan fingerprint density at radius 1 is 1.46 bits per heavy atom. The maximum atomic E-state index is 4.52. The zero-order valence-electron chi connectivity index (χ0n) is 7.75. The number of aromatic nitrogens is 2. The number of rotatable bonds is 1. The molecule has 0 fully saturated rings. The summed E-state index contributed by atoms with van der Waals surface area (Å²) in [6.07, 6.45) is 5.53. The van der Waals surface area contributed by atoms with E-state index in [-0.39, 0.29) is 0 Å². The van der Waals surface area contributed by atoms with Gasteiger partial charge in [-0.3, -0.25) is 0 Å². The van der Waals surface area contributed by atoms with Gasteiger partial charge in [-0.15, -0.1) is 0 Å². The van der Waals surface area contributed by atoms with Gasteiger partial charge in [0.2, 0.25) is 0 Å². The predicted molar refractivity (Wildman–Crippen MR) is 52.0 cm³/mol. The van der Waals surface area contributed by atoms with Crippen molar-refractivity contribution in [2.24, 2.45) is 0 Å². The Morgan fingerprint density at radius 3 is 3.08 bits per heavy atom. The first kappa shape index (κ1) is 7.13. The van der Waals surface area contributed by atoms with Crippen LogP contribution in [0.3, 0.4) is 0 Å². The van der Waals surface area contributed by atoms with Crippen LogP contribution in [0.15, 0.2) is 18.3 Å². The van der Waals surface area contributed by atoms with Crippen LogP contribution < -0.4 is 0 Å². The van der Waals surface area contributed by atoms with Gasteiger partial charge in [0.15, 0.2) is 0 Å². The van der Waals surface area contributed by atoms with Crippen molar-refractivity contribution in [3.05, 3.63) is 35.2 Å². The van der Waals surface area contributed by atoms with Gasteiger partial charge in [-0.05, 0) is 30.9 Å². The van der Waals surface area contributed by atoms with E-state index < -0.39 is 0 Å². The summed E-state index contributed by atoms with van der Waals surface area (Å²) < 4.78 is 2.04. The van der Waals surface area contributed by atoms with Crippen molar-refractivity contribution in [3.8, 4) is 0 Å². The summed E-state index contributed by atoms with van der Waals surface area (Å²) in [5.41, 5.74) is 5.58. The quantitative estimate of drug-likeness (QED) is 0.643. The fourth-order valence-corrected chi connectivity index (χ4v) is 2.10. The van der Waals surface area contributed by atoms with Gasteiger partial charge in [-0.2, -0.15) is 5.10 Å². The first-order chi connectivity index (χ1) is 6.40. The molecule has 0 radical (unpaired) electrons. The van der Waals surface area contributed by atoms with E-state index in [1.165, 1.54) is 35.2 Å². The molecule has 13 heavy (non-hydrogen) atoms. The van der Waals surface area contributed by atoms with Gasteiger partial charge >= 0.3 is 0 Å². The van der Waals surface area contributed by atoms with Crippen LogP contribution in [0.2, 0.25) is 0 Å². The molecular weight excluding hydrogens is 160 g/mol. The van der Waals surface area contributed by atoms with Gasteiger partial charge in [-0.1, -0.05) is 13.0 Å². The number of pyridine rings is 1. The Labute approximate surface area is 77.2 Å². The molecule has 0 saturated carbocycles. The number of hydrogen-bond donors (Lipinski definition) is 0. The lowest BCUT2D eigenvalue weighted by molar-refractivity contribution is 0.791. The zero-order valence-corrected chi connectivity index (χ0v) is 7.75. The van der Waals surface area contributed by atoms with Crippen LogP contribution in [-0.4, -0.2) is 9.61 Å². The van der Waals surface area contributed by atoms with E-state index in [4.69, 9.17) is 0 Å². The second kappa shape index (κ2) is 2.34. The van der Waals surface area contributed by atoms with E-state index in [1.54, 1.807) is 0 Å². The molecule has 66 valence electrons. The normalized spacial score (nSPS) is 14.2. The molecule has 0 atom stereocenters.